The molecular formula is C22H25N3O5S. The highest BCUT2D eigenvalue weighted by molar-refractivity contribution is 7.99. The van der Waals surface area contributed by atoms with Gasteiger partial charge in [0.2, 0.25) is 6.41 Å². The Kier molecular flexibility index (Phi) is 9.15. The molecule has 2 N–H and O–H groups in total. The highest BCUT2D eigenvalue weighted by atomic mass is 32.2. The third kappa shape index (κ3) is 5.89. The van der Waals surface area contributed by atoms with Crippen LogP contribution in [0.15, 0.2) is 46.8 Å². The van der Waals surface area contributed by atoms with E-state index >= 15 is 0 Å². The minimum absolute atomic E-state index is 0.174. The Morgan fingerprint density at radius 3 is 2.74 bits per heavy atom. The van der Waals surface area contributed by atoms with Gasteiger partial charge in [-0.1, -0.05) is 12.1 Å². The first-order chi connectivity index (χ1) is 15.0. The van der Waals surface area contributed by atoms with Crippen LogP contribution in [0, 0.1) is 11.3 Å². The first-order valence-corrected chi connectivity index (χ1v) is 10.8. The number of benzene rings is 1. The smallest absolute Gasteiger partial charge is 0.336 e. The number of hydrogen-bond acceptors (Lipinski definition) is 8. The summed E-state index contributed by atoms with van der Waals surface area (Å²) >= 11 is 1.52. The van der Waals surface area contributed by atoms with Crippen molar-refractivity contribution in [2.75, 3.05) is 31.8 Å². The molecule has 0 spiro atoms. The van der Waals surface area contributed by atoms with E-state index < -0.39 is 17.9 Å². The first-order valence-electron chi connectivity index (χ1n) is 9.69. The van der Waals surface area contributed by atoms with E-state index in [0.29, 0.717) is 52.6 Å². The quantitative estimate of drug-likeness (QED) is 0.320. The summed E-state index contributed by atoms with van der Waals surface area (Å²) < 4.78 is 10.3. The topological polar surface area (TPSA) is 118 Å². The molecule has 1 aromatic rings. The normalized spacial score (nSPS) is 15.6. The minimum atomic E-state index is -0.746. The van der Waals surface area contributed by atoms with E-state index in [1.165, 1.54) is 18.9 Å². The van der Waals surface area contributed by atoms with E-state index in [1.807, 2.05) is 0 Å². The zero-order chi connectivity index (χ0) is 22.8. The van der Waals surface area contributed by atoms with Crippen LogP contribution < -0.4 is 10.6 Å². The molecule has 0 radical (unpaired) electrons. The number of thioether (sulfide) groups is 1. The molecule has 31 heavy (non-hydrogen) atoms. The number of amides is 1. The van der Waals surface area contributed by atoms with Crippen molar-refractivity contribution in [3.8, 4) is 6.07 Å². The van der Waals surface area contributed by atoms with Crippen molar-refractivity contribution in [3.63, 3.8) is 0 Å². The molecule has 0 fully saturated rings. The standard InChI is InChI=1S/C22H25N3O5S/c1-4-30-22(28)20-17(12-31-9-8-24-13-26)25-14(2)18(21(27)29-3)19(20)16-7-5-6-15(10-16)11-23/h5-7,10,13,19,25H,4,8-9,12H2,1-3H3,(H,24,26). The van der Waals surface area contributed by atoms with Crippen LogP contribution in [0.1, 0.15) is 30.9 Å². The lowest BCUT2D eigenvalue weighted by atomic mass is 9.80. The first kappa shape index (κ1) is 24.0. The van der Waals surface area contributed by atoms with Crippen LogP contribution in [0.25, 0.3) is 0 Å². The number of allylic oxidation sites excluding steroid dienone is 1. The summed E-state index contributed by atoms with van der Waals surface area (Å²) in [4.78, 5) is 36.1. The number of carbonyl (C=O) groups is 3. The summed E-state index contributed by atoms with van der Waals surface area (Å²) in [7, 11) is 1.28. The number of carbonyl (C=O) groups excluding carboxylic acids is 3. The number of nitrogens with one attached hydrogen (secondary N) is 2. The molecule has 0 saturated heterocycles. The fourth-order valence-electron chi connectivity index (χ4n) is 3.33. The van der Waals surface area contributed by atoms with Crippen LogP contribution in [0.3, 0.4) is 0 Å². The second-order valence-electron chi connectivity index (χ2n) is 6.56. The van der Waals surface area contributed by atoms with Crippen LogP contribution >= 0.6 is 11.8 Å². The van der Waals surface area contributed by atoms with Gasteiger partial charge in [-0.3, -0.25) is 4.79 Å². The molecule has 1 atom stereocenters. The summed E-state index contributed by atoms with van der Waals surface area (Å²) in [6.07, 6.45) is 0.635. The molecular weight excluding hydrogens is 418 g/mol. The van der Waals surface area contributed by atoms with Crippen molar-refractivity contribution in [2.24, 2.45) is 0 Å². The van der Waals surface area contributed by atoms with E-state index in [-0.39, 0.29) is 12.2 Å². The molecule has 1 heterocycles. The van der Waals surface area contributed by atoms with Crippen molar-refractivity contribution >= 4 is 30.1 Å². The van der Waals surface area contributed by atoms with Crippen molar-refractivity contribution in [1.29, 1.82) is 5.26 Å². The van der Waals surface area contributed by atoms with Crippen molar-refractivity contribution in [2.45, 2.75) is 19.8 Å². The van der Waals surface area contributed by atoms with Crippen molar-refractivity contribution in [3.05, 3.63) is 57.9 Å². The predicted molar refractivity (Wildman–Crippen MR) is 117 cm³/mol. The summed E-state index contributed by atoms with van der Waals surface area (Å²) in [5, 5.41) is 15.1. The molecule has 0 aromatic heterocycles. The molecule has 1 unspecified atom stereocenters. The fraction of sp³-hybridized carbons (Fsp3) is 0.364. The zero-order valence-electron chi connectivity index (χ0n) is 17.7. The van der Waals surface area contributed by atoms with Gasteiger partial charge in [0.15, 0.2) is 0 Å². The molecule has 164 valence electrons. The Morgan fingerprint density at radius 2 is 2.10 bits per heavy atom. The molecule has 1 aliphatic rings. The summed E-state index contributed by atoms with van der Waals surface area (Å²) in [6, 6.07) is 8.88. The lowest BCUT2D eigenvalue weighted by Gasteiger charge is -2.31. The van der Waals surface area contributed by atoms with E-state index in [2.05, 4.69) is 16.7 Å². The van der Waals surface area contributed by atoms with Gasteiger partial charge in [0, 0.05) is 29.4 Å². The predicted octanol–water partition coefficient (Wildman–Crippen LogP) is 1.99. The lowest BCUT2D eigenvalue weighted by Crippen LogP contribution is -2.34. The number of methoxy groups -OCH3 is 1. The van der Waals surface area contributed by atoms with E-state index in [0.717, 1.165) is 0 Å². The monoisotopic (exact) mass is 443 g/mol. The van der Waals surface area contributed by atoms with Crippen LogP contribution in [-0.2, 0) is 23.9 Å². The number of dihydropyridines is 1. The molecule has 1 amide bonds. The summed E-state index contributed by atoms with van der Waals surface area (Å²) in [5.74, 6) is -0.778. The number of ether oxygens (including phenoxy) is 2. The largest absolute Gasteiger partial charge is 0.466 e. The molecule has 2 rings (SSSR count). The average Bonchev–Trinajstić information content (AvgIpc) is 2.78. The third-order valence-electron chi connectivity index (χ3n) is 4.62. The Morgan fingerprint density at radius 1 is 1.32 bits per heavy atom. The molecule has 1 aliphatic heterocycles. The Hall–Kier alpha value is -3.25. The lowest BCUT2D eigenvalue weighted by molar-refractivity contribution is -0.139. The number of nitriles is 1. The summed E-state index contributed by atoms with van der Waals surface area (Å²) in [5.41, 5.74) is 2.81. The van der Waals surface area contributed by atoms with Crippen molar-refractivity contribution in [1.82, 2.24) is 10.6 Å². The molecule has 0 saturated carbocycles. The van der Waals surface area contributed by atoms with E-state index in [9.17, 15) is 19.6 Å². The fourth-order valence-corrected chi connectivity index (χ4v) is 4.16. The maximum atomic E-state index is 13.0. The van der Waals surface area contributed by atoms with Crippen LogP contribution in [0.2, 0.25) is 0 Å². The maximum Gasteiger partial charge on any atom is 0.336 e. The van der Waals surface area contributed by atoms with E-state index in [4.69, 9.17) is 9.47 Å². The van der Waals surface area contributed by atoms with Crippen molar-refractivity contribution < 1.29 is 23.9 Å². The molecule has 1 aromatic carbocycles. The Bertz CT molecular complexity index is 949. The molecule has 9 heteroatoms. The number of nitrogens with zero attached hydrogens (tertiary/aromatic N) is 1. The molecule has 0 bridgehead atoms. The second-order valence-corrected chi connectivity index (χ2v) is 7.67. The van der Waals surface area contributed by atoms with Gasteiger partial charge in [-0.2, -0.15) is 17.0 Å². The van der Waals surface area contributed by atoms with Gasteiger partial charge < -0.3 is 20.1 Å². The SMILES string of the molecule is CCOC(=O)C1=C(CSCCNC=O)NC(C)=C(C(=O)OC)C1c1cccc(C#N)c1. The maximum absolute atomic E-state index is 13.0. The van der Waals surface area contributed by atoms with Crippen LogP contribution in [-0.4, -0.2) is 50.1 Å². The molecule has 8 nitrogen and oxygen atoms in total. The number of rotatable bonds is 10. The number of hydrogen-bond donors (Lipinski definition) is 2. The second kappa shape index (κ2) is 11.8. The van der Waals surface area contributed by atoms with Gasteiger partial charge >= 0.3 is 11.9 Å². The third-order valence-corrected chi connectivity index (χ3v) is 5.60. The Balaban J connectivity index is 2.58. The van der Waals surface area contributed by atoms with Crippen LogP contribution in [0.5, 0.6) is 0 Å². The van der Waals surface area contributed by atoms with E-state index in [1.54, 1.807) is 38.1 Å². The molecule has 0 aliphatic carbocycles. The Labute approximate surface area is 185 Å². The average molecular weight is 444 g/mol. The van der Waals surface area contributed by atoms with Gasteiger partial charge in [-0.05, 0) is 31.5 Å². The zero-order valence-corrected chi connectivity index (χ0v) is 18.5. The van der Waals surface area contributed by atoms with Gasteiger partial charge in [0.05, 0.1) is 42.4 Å². The van der Waals surface area contributed by atoms with Gasteiger partial charge in [0.1, 0.15) is 0 Å². The highest BCUT2D eigenvalue weighted by Crippen LogP contribution is 2.40. The number of esters is 2. The van der Waals surface area contributed by atoms with Crippen LogP contribution in [0.4, 0.5) is 0 Å². The highest BCUT2D eigenvalue weighted by Gasteiger charge is 2.38. The summed E-state index contributed by atoms with van der Waals surface area (Å²) in [6.45, 7) is 4.12. The van der Waals surface area contributed by atoms with Gasteiger partial charge in [-0.25, -0.2) is 9.59 Å². The van der Waals surface area contributed by atoms with Gasteiger partial charge in [0.25, 0.3) is 0 Å². The van der Waals surface area contributed by atoms with Gasteiger partial charge in [-0.15, -0.1) is 0 Å². The minimum Gasteiger partial charge on any atom is -0.466 e.